The molecule has 0 heterocycles. The van der Waals surface area contributed by atoms with Crippen molar-refractivity contribution in [1.82, 2.24) is 5.43 Å². The third-order valence-electron chi connectivity index (χ3n) is 0.311. The standard InChI is InChI=1S/C3H9N3.C2H6/c1-3(4)2-6-5;1-2/h2,6H,4-5H2,1H3;1-2H3/b3-2-;. The Morgan fingerprint density at radius 1 is 1.50 bits per heavy atom. The maximum atomic E-state index is 5.12. The van der Waals surface area contributed by atoms with E-state index in [2.05, 4.69) is 5.43 Å². The van der Waals surface area contributed by atoms with Gasteiger partial charge in [-0.15, -0.1) is 0 Å². The predicted molar refractivity (Wildman–Crippen MR) is 36.6 cm³/mol. The van der Waals surface area contributed by atoms with Crippen LogP contribution >= 0.6 is 0 Å². The van der Waals surface area contributed by atoms with Crippen LogP contribution in [-0.2, 0) is 0 Å². The number of hydrogen-bond donors (Lipinski definition) is 3. The second-order valence-electron chi connectivity index (χ2n) is 1.06. The average molecular weight is 117 g/mol. The van der Waals surface area contributed by atoms with Crippen LogP contribution in [0.3, 0.4) is 0 Å². The second-order valence-corrected chi connectivity index (χ2v) is 1.06. The number of hydrogen-bond acceptors (Lipinski definition) is 3. The Balaban J connectivity index is 0. The summed E-state index contributed by atoms with van der Waals surface area (Å²) in [4.78, 5) is 0. The Kier molecular flexibility index (Phi) is 12.3. The molecule has 0 amide bonds. The number of rotatable bonds is 1. The summed E-state index contributed by atoms with van der Waals surface area (Å²) in [6.07, 6.45) is 1.51. The minimum absolute atomic E-state index is 0.678. The van der Waals surface area contributed by atoms with E-state index >= 15 is 0 Å². The molecule has 0 aliphatic rings. The zero-order valence-corrected chi connectivity index (χ0v) is 5.73. The largest absolute Gasteiger partial charge is 0.401 e. The van der Waals surface area contributed by atoms with Crippen molar-refractivity contribution in [3.8, 4) is 0 Å². The maximum Gasteiger partial charge on any atom is 0.0307 e. The Hall–Kier alpha value is -0.700. The van der Waals surface area contributed by atoms with Crippen LogP contribution in [0.5, 0.6) is 0 Å². The topological polar surface area (TPSA) is 64.1 Å². The van der Waals surface area contributed by atoms with Crippen molar-refractivity contribution >= 4 is 0 Å². The molecule has 3 heteroatoms. The lowest BCUT2D eigenvalue weighted by atomic mass is 10.6. The number of hydrazine groups is 1. The van der Waals surface area contributed by atoms with Gasteiger partial charge >= 0.3 is 0 Å². The van der Waals surface area contributed by atoms with Crippen molar-refractivity contribution < 1.29 is 0 Å². The van der Waals surface area contributed by atoms with E-state index in [0.717, 1.165) is 0 Å². The summed E-state index contributed by atoms with van der Waals surface area (Å²) in [6, 6.07) is 0. The van der Waals surface area contributed by atoms with Gasteiger partial charge in [-0.1, -0.05) is 13.8 Å². The molecule has 0 aliphatic heterocycles. The molecule has 0 bridgehead atoms. The Labute approximate surface area is 50.7 Å². The fourth-order valence-electron chi connectivity index (χ4n) is 0.131. The van der Waals surface area contributed by atoms with Gasteiger partial charge in [0, 0.05) is 11.9 Å². The summed E-state index contributed by atoms with van der Waals surface area (Å²) in [5, 5.41) is 0. The maximum absolute atomic E-state index is 5.12. The summed E-state index contributed by atoms with van der Waals surface area (Å²) in [5.74, 6) is 4.82. The molecular weight excluding hydrogens is 102 g/mol. The zero-order valence-electron chi connectivity index (χ0n) is 5.73. The molecule has 0 saturated heterocycles. The number of allylic oxidation sites excluding steroid dienone is 1. The van der Waals surface area contributed by atoms with E-state index in [1.165, 1.54) is 6.20 Å². The number of nitrogens with two attached hydrogens (primary N) is 2. The molecule has 0 aliphatic carbocycles. The molecule has 0 saturated carbocycles. The molecule has 3 nitrogen and oxygen atoms in total. The van der Waals surface area contributed by atoms with Gasteiger partial charge in [-0.05, 0) is 6.92 Å². The zero-order chi connectivity index (χ0) is 6.99. The lowest BCUT2D eigenvalue weighted by Gasteiger charge is -1.85. The normalized spacial score (nSPS) is 9.25. The molecule has 0 rings (SSSR count). The van der Waals surface area contributed by atoms with Crippen LogP contribution in [0.15, 0.2) is 11.9 Å². The lowest BCUT2D eigenvalue weighted by molar-refractivity contribution is 0.946. The molecule has 0 atom stereocenters. The van der Waals surface area contributed by atoms with Crippen LogP contribution in [0.25, 0.3) is 0 Å². The van der Waals surface area contributed by atoms with Gasteiger partial charge in [0.25, 0.3) is 0 Å². The van der Waals surface area contributed by atoms with Crippen molar-refractivity contribution in [3.05, 3.63) is 11.9 Å². The summed E-state index contributed by atoms with van der Waals surface area (Å²) in [5.41, 5.74) is 8.08. The molecule has 50 valence electrons. The molecular formula is C5H15N3. The molecule has 5 N–H and O–H groups in total. The fourth-order valence-corrected chi connectivity index (χ4v) is 0.131. The summed E-state index contributed by atoms with van der Waals surface area (Å²) in [7, 11) is 0. The van der Waals surface area contributed by atoms with E-state index in [-0.39, 0.29) is 0 Å². The van der Waals surface area contributed by atoms with Crippen LogP contribution in [0, 0.1) is 0 Å². The lowest BCUT2D eigenvalue weighted by Crippen LogP contribution is -2.15. The van der Waals surface area contributed by atoms with Gasteiger partial charge in [0.1, 0.15) is 0 Å². The van der Waals surface area contributed by atoms with E-state index in [9.17, 15) is 0 Å². The molecule has 0 fully saturated rings. The number of nitrogens with one attached hydrogen (secondary N) is 1. The highest BCUT2D eigenvalue weighted by Crippen LogP contribution is 1.67. The predicted octanol–water partition coefficient (Wildman–Crippen LogP) is 0.296. The van der Waals surface area contributed by atoms with Gasteiger partial charge in [-0.2, -0.15) is 0 Å². The second kappa shape index (κ2) is 9.57. The van der Waals surface area contributed by atoms with Gasteiger partial charge < -0.3 is 11.2 Å². The first-order valence-corrected chi connectivity index (χ1v) is 2.65. The van der Waals surface area contributed by atoms with Gasteiger partial charge in [0.2, 0.25) is 0 Å². The van der Waals surface area contributed by atoms with E-state index in [4.69, 9.17) is 11.6 Å². The van der Waals surface area contributed by atoms with Gasteiger partial charge in [0.05, 0.1) is 0 Å². The monoisotopic (exact) mass is 117 g/mol. The van der Waals surface area contributed by atoms with Crippen LogP contribution in [0.4, 0.5) is 0 Å². The molecule has 0 aromatic heterocycles. The van der Waals surface area contributed by atoms with Crippen molar-refractivity contribution in [2.24, 2.45) is 11.6 Å². The van der Waals surface area contributed by atoms with E-state index in [1.54, 1.807) is 6.92 Å². The van der Waals surface area contributed by atoms with Gasteiger partial charge in [0.15, 0.2) is 0 Å². The molecule has 0 aromatic rings. The highest BCUT2D eigenvalue weighted by molar-refractivity contribution is 4.87. The van der Waals surface area contributed by atoms with Crippen LogP contribution in [0.2, 0.25) is 0 Å². The van der Waals surface area contributed by atoms with Crippen molar-refractivity contribution in [2.75, 3.05) is 0 Å². The Morgan fingerprint density at radius 2 is 1.88 bits per heavy atom. The Morgan fingerprint density at radius 3 is 1.88 bits per heavy atom. The summed E-state index contributed by atoms with van der Waals surface area (Å²) in [6.45, 7) is 5.75. The third-order valence-corrected chi connectivity index (χ3v) is 0.311. The molecule has 0 radical (unpaired) electrons. The van der Waals surface area contributed by atoms with Gasteiger partial charge in [-0.25, -0.2) is 0 Å². The Bertz CT molecular complexity index is 54.7. The summed E-state index contributed by atoms with van der Waals surface area (Å²) < 4.78 is 0. The highest BCUT2D eigenvalue weighted by atomic mass is 15.2. The molecule has 0 aromatic carbocycles. The van der Waals surface area contributed by atoms with Crippen LogP contribution < -0.4 is 17.0 Å². The molecule has 0 unspecified atom stereocenters. The average Bonchev–Trinajstić information content (AvgIpc) is 1.72. The quantitative estimate of drug-likeness (QED) is 0.342. The third kappa shape index (κ3) is 18.5. The van der Waals surface area contributed by atoms with E-state index < -0.39 is 0 Å². The first-order chi connectivity index (χ1) is 3.77. The van der Waals surface area contributed by atoms with Crippen LogP contribution in [0.1, 0.15) is 20.8 Å². The van der Waals surface area contributed by atoms with Gasteiger partial charge in [-0.3, -0.25) is 5.84 Å². The fraction of sp³-hybridized carbons (Fsp3) is 0.600. The molecule has 0 spiro atoms. The van der Waals surface area contributed by atoms with Crippen molar-refractivity contribution in [1.29, 1.82) is 0 Å². The van der Waals surface area contributed by atoms with E-state index in [1.807, 2.05) is 13.8 Å². The minimum atomic E-state index is 0.678. The SMILES string of the molecule is C/C(N)=C/NN.CC. The summed E-state index contributed by atoms with van der Waals surface area (Å²) >= 11 is 0. The molecule has 8 heavy (non-hydrogen) atoms. The first-order valence-electron chi connectivity index (χ1n) is 2.65. The first kappa shape index (κ1) is 10.3. The smallest absolute Gasteiger partial charge is 0.0307 e. The van der Waals surface area contributed by atoms with E-state index in [0.29, 0.717) is 5.70 Å². The minimum Gasteiger partial charge on any atom is -0.401 e. The van der Waals surface area contributed by atoms with Crippen molar-refractivity contribution in [2.45, 2.75) is 20.8 Å². The van der Waals surface area contributed by atoms with Crippen molar-refractivity contribution in [3.63, 3.8) is 0 Å². The highest BCUT2D eigenvalue weighted by Gasteiger charge is 1.65. The van der Waals surface area contributed by atoms with Crippen LogP contribution in [-0.4, -0.2) is 0 Å².